The van der Waals surface area contributed by atoms with Gasteiger partial charge in [0.15, 0.2) is 11.5 Å². The first kappa shape index (κ1) is 16.7. The lowest BCUT2D eigenvalue weighted by molar-refractivity contribution is 0.0733. The predicted molar refractivity (Wildman–Crippen MR) is 94.8 cm³/mol. The highest BCUT2D eigenvalue weighted by molar-refractivity contribution is 7.16. The van der Waals surface area contributed by atoms with Gasteiger partial charge in [0.2, 0.25) is 0 Å². The Hall–Kier alpha value is -3.17. The van der Waals surface area contributed by atoms with Crippen molar-refractivity contribution in [3.8, 4) is 28.1 Å². The molecule has 0 aliphatic carbocycles. The zero-order chi connectivity index (χ0) is 17.6. The summed E-state index contributed by atoms with van der Waals surface area (Å²) in [5, 5.41) is 9.72. The first-order valence-corrected chi connectivity index (χ1v) is 8.43. The second-order valence-corrected chi connectivity index (χ2v) is 6.02. The molecule has 0 aliphatic rings. The molecule has 1 aromatic heterocycles. The van der Waals surface area contributed by atoms with E-state index in [-0.39, 0.29) is 5.75 Å². The van der Waals surface area contributed by atoms with Crippen LogP contribution in [0.3, 0.4) is 0 Å². The van der Waals surface area contributed by atoms with Crippen LogP contribution in [0.15, 0.2) is 54.7 Å². The van der Waals surface area contributed by atoms with E-state index in [1.165, 1.54) is 17.5 Å². The molecule has 0 atom stereocenters. The summed E-state index contributed by atoms with van der Waals surface area (Å²) in [5.74, 6) is 0.133. The summed E-state index contributed by atoms with van der Waals surface area (Å²) in [6, 6.07) is 16.3. The molecule has 0 bridgehead atoms. The number of thiazole rings is 1. The van der Waals surface area contributed by atoms with E-state index in [1.54, 1.807) is 18.2 Å². The highest BCUT2D eigenvalue weighted by Crippen LogP contribution is 2.31. The van der Waals surface area contributed by atoms with Crippen LogP contribution < -0.4 is 9.47 Å². The minimum atomic E-state index is -0.509. The molecule has 6 heteroatoms. The number of aromatic nitrogens is 1. The van der Waals surface area contributed by atoms with Gasteiger partial charge in [0.05, 0.1) is 24.4 Å². The number of rotatable bonds is 5. The van der Waals surface area contributed by atoms with E-state index in [2.05, 4.69) is 4.98 Å². The van der Waals surface area contributed by atoms with Crippen molar-refractivity contribution in [2.45, 2.75) is 6.92 Å². The molecule has 0 spiro atoms. The lowest BCUT2D eigenvalue weighted by atomic mass is 10.2. The fourth-order valence-corrected chi connectivity index (χ4v) is 2.96. The SMILES string of the molecule is CCOc1cc(C#N)ccc1OC(=O)c1cnc(-c2ccccc2)s1. The van der Waals surface area contributed by atoms with Crippen molar-refractivity contribution in [2.75, 3.05) is 6.61 Å². The molecule has 1 heterocycles. The Kier molecular flexibility index (Phi) is 5.07. The molecule has 0 amide bonds. The van der Waals surface area contributed by atoms with Gasteiger partial charge >= 0.3 is 5.97 Å². The Balaban J connectivity index is 1.81. The molecule has 124 valence electrons. The lowest BCUT2D eigenvalue weighted by Crippen LogP contribution is -2.08. The highest BCUT2D eigenvalue weighted by Gasteiger charge is 2.16. The number of nitriles is 1. The average Bonchev–Trinajstić information content (AvgIpc) is 3.14. The van der Waals surface area contributed by atoms with Crippen LogP contribution in [-0.2, 0) is 0 Å². The topological polar surface area (TPSA) is 72.2 Å². The molecule has 25 heavy (non-hydrogen) atoms. The summed E-state index contributed by atoms with van der Waals surface area (Å²) >= 11 is 1.26. The third-order valence-corrected chi connectivity index (χ3v) is 4.33. The van der Waals surface area contributed by atoms with Gasteiger partial charge < -0.3 is 9.47 Å². The molecular formula is C19H14N2O3S. The van der Waals surface area contributed by atoms with E-state index in [9.17, 15) is 4.79 Å². The molecule has 3 aromatic rings. The number of hydrogen-bond acceptors (Lipinski definition) is 6. The highest BCUT2D eigenvalue weighted by atomic mass is 32.1. The van der Waals surface area contributed by atoms with Gasteiger partial charge in [-0.3, -0.25) is 0 Å². The first-order valence-electron chi connectivity index (χ1n) is 7.61. The molecule has 5 nitrogen and oxygen atoms in total. The number of hydrogen-bond donors (Lipinski definition) is 0. The maximum Gasteiger partial charge on any atom is 0.355 e. The second-order valence-electron chi connectivity index (χ2n) is 4.99. The Morgan fingerprint density at radius 2 is 2.00 bits per heavy atom. The Bertz CT molecular complexity index is 929. The number of carbonyl (C=O) groups excluding carboxylic acids is 1. The monoisotopic (exact) mass is 350 g/mol. The van der Waals surface area contributed by atoms with Gasteiger partial charge in [0.25, 0.3) is 0 Å². The van der Waals surface area contributed by atoms with E-state index in [0.29, 0.717) is 22.8 Å². The number of carbonyl (C=O) groups is 1. The molecule has 0 saturated carbocycles. The summed E-state index contributed by atoms with van der Waals surface area (Å²) in [6.07, 6.45) is 1.50. The second kappa shape index (κ2) is 7.60. The number of nitrogens with zero attached hydrogens (tertiary/aromatic N) is 2. The average molecular weight is 350 g/mol. The fraction of sp³-hybridized carbons (Fsp3) is 0.105. The zero-order valence-electron chi connectivity index (χ0n) is 13.4. The maximum atomic E-state index is 12.4. The minimum absolute atomic E-state index is 0.278. The molecule has 0 aliphatic heterocycles. The molecule has 0 radical (unpaired) electrons. The largest absolute Gasteiger partial charge is 0.490 e. The Morgan fingerprint density at radius 3 is 2.72 bits per heavy atom. The van der Waals surface area contributed by atoms with Gasteiger partial charge in [-0.15, -0.1) is 11.3 Å². The zero-order valence-corrected chi connectivity index (χ0v) is 14.2. The van der Waals surface area contributed by atoms with Crippen LogP contribution >= 0.6 is 11.3 Å². The van der Waals surface area contributed by atoms with Gasteiger partial charge in [0, 0.05) is 11.6 Å². The third-order valence-electron chi connectivity index (χ3n) is 3.30. The van der Waals surface area contributed by atoms with E-state index < -0.39 is 5.97 Å². The van der Waals surface area contributed by atoms with Crippen molar-refractivity contribution >= 4 is 17.3 Å². The van der Waals surface area contributed by atoms with Crippen LogP contribution in [0.4, 0.5) is 0 Å². The molecule has 0 fully saturated rings. The van der Waals surface area contributed by atoms with Crippen LogP contribution in [0.2, 0.25) is 0 Å². The van der Waals surface area contributed by atoms with Crippen LogP contribution in [-0.4, -0.2) is 17.6 Å². The van der Waals surface area contributed by atoms with Crippen molar-refractivity contribution in [3.63, 3.8) is 0 Å². The van der Waals surface area contributed by atoms with Gasteiger partial charge in [-0.1, -0.05) is 30.3 Å². The molecule has 2 aromatic carbocycles. The van der Waals surface area contributed by atoms with Crippen LogP contribution in [0.1, 0.15) is 22.2 Å². The summed E-state index contributed by atoms with van der Waals surface area (Å²) in [6.45, 7) is 2.22. The van der Waals surface area contributed by atoms with Crippen LogP contribution in [0, 0.1) is 11.3 Å². The van der Waals surface area contributed by atoms with Crippen LogP contribution in [0.5, 0.6) is 11.5 Å². The standard InChI is InChI=1S/C19H14N2O3S/c1-2-23-16-10-13(11-20)8-9-15(16)24-19(22)17-12-21-18(25-17)14-6-4-3-5-7-14/h3-10,12H,2H2,1H3. The summed E-state index contributed by atoms with van der Waals surface area (Å²) in [7, 11) is 0. The normalized spacial score (nSPS) is 10.1. The van der Waals surface area contributed by atoms with E-state index in [0.717, 1.165) is 10.6 Å². The summed E-state index contributed by atoms with van der Waals surface area (Å²) in [5.41, 5.74) is 1.38. The molecule has 3 rings (SSSR count). The first-order chi connectivity index (χ1) is 12.2. The van der Waals surface area contributed by atoms with Crippen molar-refractivity contribution in [2.24, 2.45) is 0 Å². The smallest absolute Gasteiger partial charge is 0.355 e. The molecule has 0 unspecified atom stereocenters. The Labute approximate surface area is 149 Å². The van der Waals surface area contributed by atoms with Gasteiger partial charge in [-0.05, 0) is 19.1 Å². The van der Waals surface area contributed by atoms with Gasteiger partial charge in [0.1, 0.15) is 9.88 Å². The summed E-state index contributed by atoms with van der Waals surface area (Å²) in [4.78, 5) is 17.1. The maximum absolute atomic E-state index is 12.4. The van der Waals surface area contributed by atoms with Gasteiger partial charge in [-0.25, -0.2) is 9.78 Å². The van der Waals surface area contributed by atoms with E-state index in [4.69, 9.17) is 14.7 Å². The number of benzene rings is 2. The van der Waals surface area contributed by atoms with Crippen molar-refractivity contribution < 1.29 is 14.3 Å². The van der Waals surface area contributed by atoms with Gasteiger partial charge in [-0.2, -0.15) is 5.26 Å². The molecular weight excluding hydrogens is 336 g/mol. The number of esters is 1. The van der Waals surface area contributed by atoms with Crippen LogP contribution in [0.25, 0.3) is 10.6 Å². The van der Waals surface area contributed by atoms with Crippen molar-refractivity contribution in [1.82, 2.24) is 4.98 Å². The number of ether oxygens (including phenoxy) is 2. The molecule has 0 N–H and O–H groups in total. The van der Waals surface area contributed by atoms with Crippen molar-refractivity contribution in [3.05, 3.63) is 65.2 Å². The minimum Gasteiger partial charge on any atom is -0.490 e. The molecule has 0 saturated heterocycles. The summed E-state index contributed by atoms with van der Waals surface area (Å²) < 4.78 is 10.9. The lowest BCUT2D eigenvalue weighted by Gasteiger charge is -2.10. The third kappa shape index (κ3) is 3.84. The predicted octanol–water partition coefficient (Wildman–Crippen LogP) is 4.30. The van der Waals surface area contributed by atoms with E-state index in [1.807, 2.05) is 43.3 Å². The quantitative estimate of drug-likeness (QED) is 0.507. The van der Waals surface area contributed by atoms with Crippen molar-refractivity contribution in [1.29, 1.82) is 5.26 Å². The fourth-order valence-electron chi connectivity index (χ4n) is 2.16. The Morgan fingerprint density at radius 1 is 1.20 bits per heavy atom. The van der Waals surface area contributed by atoms with E-state index >= 15 is 0 Å².